The van der Waals surface area contributed by atoms with Gasteiger partial charge in [0.2, 0.25) is 11.8 Å². The number of anilines is 1. The summed E-state index contributed by atoms with van der Waals surface area (Å²) >= 11 is 6.21. The van der Waals surface area contributed by atoms with Gasteiger partial charge in [-0.25, -0.2) is 27.8 Å². The van der Waals surface area contributed by atoms with E-state index >= 15 is 4.39 Å². The van der Waals surface area contributed by atoms with Gasteiger partial charge >= 0.3 is 0 Å². The zero-order chi connectivity index (χ0) is 30.7. The molecule has 1 atom stereocenters. The summed E-state index contributed by atoms with van der Waals surface area (Å²) in [6.45, 7) is 3.73. The van der Waals surface area contributed by atoms with Crippen LogP contribution in [0.15, 0.2) is 79.1 Å². The zero-order valence-electron chi connectivity index (χ0n) is 24.1. The minimum absolute atomic E-state index is 0.0735. The fourth-order valence-electron chi connectivity index (χ4n) is 5.43. The first-order valence-electron chi connectivity index (χ1n) is 14.4. The number of benzene rings is 3. The Balaban J connectivity index is 1.33. The van der Waals surface area contributed by atoms with Gasteiger partial charge in [0, 0.05) is 41.0 Å². The number of piperidine rings is 1. The molecule has 0 amide bonds. The second kappa shape index (κ2) is 12.9. The third kappa shape index (κ3) is 6.67. The minimum atomic E-state index is -3.77. The van der Waals surface area contributed by atoms with Gasteiger partial charge < -0.3 is 15.4 Å². The molecule has 8 nitrogen and oxygen atoms in total. The van der Waals surface area contributed by atoms with Crippen LogP contribution < -0.4 is 15.4 Å². The lowest BCUT2D eigenvalue weighted by Gasteiger charge is -2.23. The average Bonchev–Trinajstić information content (AvgIpc) is 3.02. The van der Waals surface area contributed by atoms with E-state index in [4.69, 9.17) is 21.3 Å². The molecule has 0 radical (unpaired) electrons. The van der Waals surface area contributed by atoms with Crippen molar-refractivity contribution >= 4 is 38.2 Å². The van der Waals surface area contributed by atoms with Crippen LogP contribution in [-0.4, -0.2) is 42.5 Å². The SMILES string of the molecule is Cc1ccc2c(CS(=O)(=O)Cc3ccccc3Cl)c(F)ccc2c1Oc1ncccc1-c1ccnc(N[C@H]2CCCNC2)n1. The highest BCUT2D eigenvalue weighted by atomic mass is 35.5. The van der Waals surface area contributed by atoms with E-state index in [1.54, 1.807) is 67.0 Å². The number of nitrogens with one attached hydrogen (secondary N) is 2. The van der Waals surface area contributed by atoms with Gasteiger partial charge in [0.25, 0.3) is 0 Å². The minimum Gasteiger partial charge on any atom is -0.437 e. The average molecular weight is 632 g/mol. The monoisotopic (exact) mass is 631 g/mol. The fourth-order valence-corrected chi connectivity index (χ4v) is 7.27. The van der Waals surface area contributed by atoms with Gasteiger partial charge in [0.1, 0.15) is 11.6 Å². The highest BCUT2D eigenvalue weighted by Crippen LogP contribution is 2.38. The van der Waals surface area contributed by atoms with Crippen LogP contribution in [-0.2, 0) is 21.3 Å². The molecular formula is C33H31ClFN5O3S. The van der Waals surface area contributed by atoms with E-state index in [1.165, 1.54) is 6.07 Å². The summed E-state index contributed by atoms with van der Waals surface area (Å²) in [6.07, 6.45) is 5.44. The van der Waals surface area contributed by atoms with Gasteiger partial charge in [0.05, 0.1) is 22.8 Å². The molecule has 0 unspecified atom stereocenters. The summed E-state index contributed by atoms with van der Waals surface area (Å²) in [7, 11) is -3.77. The number of rotatable bonds is 9. The molecule has 0 spiro atoms. The van der Waals surface area contributed by atoms with Crippen LogP contribution in [0.2, 0.25) is 5.02 Å². The number of nitrogens with zero attached hydrogens (tertiary/aromatic N) is 3. The van der Waals surface area contributed by atoms with Crippen LogP contribution in [0.3, 0.4) is 0 Å². The van der Waals surface area contributed by atoms with E-state index in [2.05, 4.69) is 20.6 Å². The van der Waals surface area contributed by atoms with Gasteiger partial charge in [-0.2, -0.15) is 0 Å². The molecule has 5 aromatic rings. The largest absolute Gasteiger partial charge is 0.437 e. The second-order valence-electron chi connectivity index (χ2n) is 10.9. The lowest BCUT2D eigenvalue weighted by atomic mass is 10.0. The molecule has 0 aliphatic carbocycles. The maximum atomic E-state index is 15.3. The Labute approximate surface area is 260 Å². The first-order valence-corrected chi connectivity index (χ1v) is 16.6. The number of hydrogen-bond acceptors (Lipinski definition) is 8. The smallest absolute Gasteiger partial charge is 0.228 e. The number of ether oxygens (including phenoxy) is 1. The number of aryl methyl sites for hydroxylation is 1. The quantitative estimate of drug-likeness (QED) is 0.182. The van der Waals surface area contributed by atoms with Gasteiger partial charge in [0.15, 0.2) is 9.84 Å². The molecule has 0 saturated carbocycles. The Morgan fingerprint density at radius 3 is 2.66 bits per heavy atom. The Morgan fingerprint density at radius 2 is 1.84 bits per heavy atom. The lowest BCUT2D eigenvalue weighted by Crippen LogP contribution is -2.38. The predicted molar refractivity (Wildman–Crippen MR) is 171 cm³/mol. The molecular weight excluding hydrogens is 601 g/mol. The van der Waals surface area contributed by atoms with E-state index in [1.807, 2.05) is 13.0 Å². The van der Waals surface area contributed by atoms with E-state index in [0.717, 1.165) is 31.5 Å². The molecule has 226 valence electrons. The summed E-state index contributed by atoms with van der Waals surface area (Å²) in [5, 5.41) is 8.15. The molecule has 1 aliphatic rings. The van der Waals surface area contributed by atoms with Crippen molar-refractivity contribution in [3.05, 3.63) is 107 Å². The maximum absolute atomic E-state index is 15.3. The van der Waals surface area contributed by atoms with Crippen LogP contribution in [0.25, 0.3) is 22.0 Å². The van der Waals surface area contributed by atoms with Crippen LogP contribution in [0.5, 0.6) is 11.6 Å². The van der Waals surface area contributed by atoms with Crippen molar-refractivity contribution in [2.75, 3.05) is 18.4 Å². The van der Waals surface area contributed by atoms with E-state index in [9.17, 15) is 8.42 Å². The predicted octanol–water partition coefficient (Wildman–Crippen LogP) is 6.86. The Morgan fingerprint density at radius 1 is 1.00 bits per heavy atom. The fraction of sp³-hybridized carbons (Fsp3) is 0.242. The third-order valence-corrected chi connectivity index (χ3v) is 9.48. The summed E-state index contributed by atoms with van der Waals surface area (Å²) in [4.78, 5) is 13.6. The molecule has 0 bridgehead atoms. The molecule has 44 heavy (non-hydrogen) atoms. The molecule has 3 aromatic carbocycles. The van der Waals surface area contributed by atoms with Crippen molar-refractivity contribution in [2.24, 2.45) is 0 Å². The van der Waals surface area contributed by atoms with E-state index < -0.39 is 21.4 Å². The standard InChI is InChI=1S/C33H31ClFN5O3S/c1-21-10-11-24-25(12-13-29(35)27(24)20-44(41,42)19-22-6-2-3-9-28(22)34)31(21)43-32-26(8-5-16-37-32)30-14-17-38-33(40-30)39-23-7-4-15-36-18-23/h2-3,5-6,8-14,16-17,23,36H,4,7,15,18-20H2,1H3,(H,38,39,40)/t23-/m0/s1. The number of hydrogen-bond donors (Lipinski definition) is 2. The summed E-state index contributed by atoms with van der Waals surface area (Å²) in [6, 6.07) is 18.8. The van der Waals surface area contributed by atoms with Gasteiger partial charge in [-0.3, -0.25) is 0 Å². The number of pyridine rings is 1. The molecule has 1 fully saturated rings. The third-order valence-electron chi connectivity index (χ3n) is 7.63. The summed E-state index contributed by atoms with van der Waals surface area (Å²) < 4.78 is 48.1. The van der Waals surface area contributed by atoms with Gasteiger partial charge in [-0.15, -0.1) is 0 Å². The van der Waals surface area contributed by atoms with Crippen LogP contribution >= 0.6 is 11.6 Å². The summed E-state index contributed by atoms with van der Waals surface area (Å²) in [5.74, 6) is -0.126. The first-order chi connectivity index (χ1) is 21.3. The van der Waals surface area contributed by atoms with E-state index in [0.29, 0.717) is 50.2 Å². The molecule has 1 aliphatic heterocycles. The normalized spacial score (nSPS) is 15.3. The van der Waals surface area contributed by atoms with Crippen LogP contribution in [0.4, 0.5) is 10.3 Å². The number of sulfone groups is 1. The van der Waals surface area contributed by atoms with Gasteiger partial charge in [-0.1, -0.05) is 41.9 Å². The summed E-state index contributed by atoms with van der Waals surface area (Å²) in [5.41, 5.74) is 2.60. The highest BCUT2D eigenvalue weighted by molar-refractivity contribution is 7.89. The van der Waals surface area contributed by atoms with E-state index in [-0.39, 0.29) is 17.4 Å². The topological polar surface area (TPSA) is 106 Å². The number of halogens is 2. The molecule has 2 N–H and O–H groups in total. The van der Waals surface area contributed by atoms with Crippen molar-refractivity contribution in [1.29, 1.82) is 0 Å². The Bertz CT molecular complexity index is 1930. The van der Waals surface area contributed by atoms with Crippen LogP contribution in [0, 0.1) is 12.7 Å². The highest BCUT2D eigenvalue weighted by Gasteiger charge is 2.22. The molecule has 2 aromatic heterocycles. The molecule has 3 heterocycles. The zero-order valence-corrected chi connectivity index (χ0v) is 25.6. The van der Waals surface area contributed by atoms with Crippen molar-refractivity contribution < 1.29 is 17.5 Å². The number of aromatic nitrogens is 3. The van der Waals surface area contributed by atoms with Crippen molar-refractivity contribution in [3.8, 4) is 22.9 Å². The molecule has 6 rings (SSSR count). The maximum Gasteiger partial charge on any atom is 0.228 e. The molecule has 11 heteroatoms. The first kappa shape index (κ1) is 29.9. The van der Waals surface area contributed by atoms with Gasteiger partial charge in [-0.05, 0) is 79.2 Å². The lowest BCUT2D eigenvalue weighted by molar-refractivity contribution is 0.466. The van der Waals surface area contributed by atoms with Crippen molar-refractivity contribution in [3.63, 3.8) is 0 Å². The van der Waals surface area contributed by atoms with Crippen molar-refractivity contribution in [1.82, 2.24) is 20.3 Å². The van der Waals surface area contributed by atoms with Crippen LogP contribution in [0.1, 0.15) is 29.5 Å². The number of fused-ring (bicyclic) bond motifs is 1. The molecule has 1 saturated heterocycles. The Hall–Kier alpha value is -4.12. The Kier molecular flexibility index (Phi) is 8.74. The second-order valence-corrected chi connectivity index (χ2v) is 13.3. The van der Waals surface area contributed by atoms with Crippen molar-refractivity contribution in [2.45, 2.75) is 37.3 Å².